The van der Waals surface area contributed by atoms with Crippen LogP contribution in [0.15, 0.2) is 24.4 Å². The summed E-state index contributed by atoms with van der Waals surface area (Å²) in [5.74, 6) is -0.682. The highest BCUT2D eigenvalue weighted by molar-refractivity contribution is 5.86. The van der Waals surface area contributed by atoms with Gasteiger partial charge in [-0.1, -0.05) is 6.92 Å². The van der Waals surface area contributed by atoms with Gasteiger partial charge in [-0.3, -0.25) is 14.9 Å². The fourth-order valence-corrected chi connectivity index (χ4v) is 1.88. The Kier molecular flexibility index (Phi) is 3.01. The Labute approximate surface area is 103 Å². The van der Waals surface area contributed by atoms with E-state index in [1.807, 2.05) is 0 Å². The Morgan fingerprint density at radius 2 is 2.28 bits per heavy atom. The van der Waals surface area contributed by atoms with E-state index in [9.17, 15) is 14.9 Å². The highest BCUT2D eigenvalue weighted by Gasteiger charge is 2.15. The van der Waals surface area contributed by atoms with Crippen molar-refractivity contribution >= 4 is 22.5 Å². The van der Waals surface area contributed by atoms with Crippen LogP contribution >= 0.6 is 0 Å². The van der Waals surface area contributed by atoms with E-state index in [0.717, 1.165) is 16.5 Å². The number of nitrogens with one attached hydrogen (secondary N) is 1. The minimum atomic E-state index is -0.437. The Morgan fingerprint density at radius 3 is 2.89 bits per heavy atom. The summed E-state index contributed by atoms with van der Waals surface area (Å²) in [5, 5.41) is 11.5. The van der Waals surface area contributed by atoms with Gasteiger partial charge >= 0.3 is 0 Å². The molecule has 0 spiro atoms. The second-order valence-corrected chi connectivity index (χ2v) is 4.31. The molecule has 6 nitrogen and oxygen atoms in total. The average Bonchev–Trinajstić information content (AvgIpc) is 2.71. The Bertz CT molecular complexity index is 618. The van der Waals surface area contributed by atoms with Crippen LogP contribution in [0.2, 0.25) is 0 Å². The van der Waals surface area contributed by atoms with Gasteiger partial charge in [-0.15, -0.1) is 0 Å². The van der Waals surface area contributed by atoms with E-state index < -0.39 is 4.92 Å². The molecule has 94 valence electrons. The van der Waals surface area contributed by atoms with Gasteiger partial charge in [-0.2, -0.15) is 0 Å². The third-order valence-electron chi connectivity index (χ3n) is 2.97. The van der Waals surface area contributed by atoms with Gasteiger partial charge < -0.3 is 10.7 Å². The van der Waals surface area contributed by atoms with Crippen molar-refractivity contribution in [2.75, 3.05) is 0 Å². The summed E-state index contributed by atoms with van der Waals surface area (Å²) >= 11 is 0. The van der Waals surface area contributed by atoms with Gasteiger partial charge in [0, 0.05) is 35.2 Å². The molecule has 0 saturated heterocycles. The summed E-state index contributed by atoms with van der Waals surface area (Å²) in [4.78, 5) is 24.4. The van der Waals surface area contributed by atoms with Crippen molar-refractivity contribution in [2.45, 2.75) is 13.3 Å². The number of aromatic amines is 1. The lowest BCUT2D eigenvalue weighted by Crippen LogP contribution is -2.22. The zero-order chi connectivity index (χ0) is 13.3. The van der Waals surface area contributed by atoms with Crippen LogP contribution in [0.4, 0.5) is 5.69 Å². The van der Waals surface area contributed by atoms with E-state index in [1.165, 1.54) is 12.1 Å². The number of hydrogen-bond donors (Lipinski definition) is 2. The van der Waals surface area contributed by atoms with E-state index >= 15 is 0 Å². The number of fused-ring (bicyclic) bond motifs is 1. The number of carbonyl (C=O) groups is 1. The summed E-state index contributed by atoms with van der Waals surface area (Å²) in [6.45, 7) is 1.73. The fourth-order valence-electron chi connectivity index (χ4n) is 1.88. The molecule has 1 heterocycles. The number of primary amides is 1. The van der Waals surface area contributed by atoms with Crippen LogP contribution in [0.1, 0.15) is 12.5 Å². The monoisotopic (exact) mass is 247 g/mol. The quantitative estimate of drug-likeness (QED) is 0.635. The number of nitro benzene ring substituents is 1. The molecule has 1 atom stereocenters. The minimum Gasteiger partial charge on any atom is -0.369 e. The lowest BCUT2D eigenvalue weighted by atomic mass is 10.00. The largest absolute Gasteiger partial charge is 0.369 e. The highest BCUT2D eigenvalue weighted by Crippen LogP contribution is 2.25. The third kappa shape index (κ3) is 2.17. The lowest BCUT2D eigenvalue weighted by Gasteiger charge is -2.05. The molecule has 0 aliphatic heterocycles. The number of nitrogens with zero attached hydrogens (tertiary/aromatic N) is 1. The molecule has 2 rings (SSSR count). The Balaban J connectivity index is 2.42. The number of benzene rings is 1. The van der Waals surface area contributed by atoms with Gasteiger partial charge in [0.15, 0.2) is 0 Å². The van der Waals surface area contributed by atoms with Crippen LogP contribution < -0.4 is 5.73 Å². The van der Waals surface area contributed by atoms with Crippen molar-refractivity contribution in [1.82, 2.24) is 4.98 Å². The molecule has 0 aliphatic rings. The molecule has 1 amide bonds. The van der Waals surface area contributed by atoms with Crippen LogP contribution in [-0.4, -0.2) is 15.8 Å². The van der Waals surface area contributed by atoms with Gasteiger partial charge in [0.2, 0.25) is 5.91 Å². The molecule has 18 heavy (non-hydrogen) atoms. The Morgan fingerprint density at radius 1 is 1.56 bits per heavy atom. The van der Waals surface area contributed by atoms with Crippen molar-refractivity contribution in [3.8, 4) is 0 Å². The van der Waals surface area contributed by atoms with Crippen LogP contribution in [0.5, 0.6) is 0 Å². The molecule has 1 aromatic carbocycles. The summed E-state index contributed by atoms with van der Waals surface area (Å²) in [6.07, 6.45) is 2.23. The highest BCUT2D eigenvalue weighted by atomic mass is 16.6. The molecule has 0 fully saturated rings. The predicted molar refractivity (Wildman–Crippen MR) is 67.0 cm³/mol. The summed E-state index contributed by atoms with van der Waals surface area (Å²) in [6, 6.07) is 4.61. The molecule has 0 unspecified atom stereocenters. The van der Waals surface area contributed by atoms with E-state index in [0.29, 0.717) is 6.42 Å². The van der Waals surface area contributed by atoms with Crippen molar-refractivity contribution < 1.29 is 9.72 Å². The first kappa shape index (κ1) is 12.1. The average molecular weight is 247 g/mol. The smallest absolute Gasteiger partial charge is 0.270 e. The molecule has 3 N–H and O–H groups in total. The standard InChI is InChI=1S/C12H13N3O3/c1-7(12(13)16)4-8-6-14-11-3-2-9(15(17)18)5-10(8)11/h2-3,5-7,14H,4H2,1H3,(H2,13,16)/t7-/m0/s1. The van der Waals surface area contributed by atoms with Gasteiger partial charge in [-0.05, 0) is 18.1 Å². The zero-order valence-corrected chi connectivity index (χ0v) is 9.84. The number of carbonyl (C=O) groups excluding carboxylic acids is 1. The van der Waals surface area contributed by atoms with E-state index in [2.05, 4.69) is 4.98 Å². The number of nitrogens with two attached hydrogens (primary N) is 1. The normalized spacial score (nSPS) is 12.5. The molecule has 0 aliphatic carbocycles. The van der Waals surface area contributed by atoms with E-state index in [-0.39, 0.29) is 17.5 Å². The molecule has 1 aromatic heterocycles. The van der Waals surface area contributed by atoms with Gasteiger partial charge in [-0.25, -0.2) is 0 Å². The lowest BCUT2D eigenvalue weighted by molar-refractivity contribution is -0.384. The van der Waals surface area contributed by atoms with Crippen LogP contribution in [0.3, 0.4) is 0 Å². The number of aromatic nitrogens is 1. The van der Waals surface area contributed by atoms with Crippen molar-refractivity contribution in [3.63, 3.8) is 0 Å². The molecule has 0 saturated carbocycles. The maximum absolute atomic E-state index is 11.0. The van der Waals surface area contributed by atoms with Crippen molar-refractivity contribution in [1.29, 1.82) is 0 Å². The van der Waals surface area contributed by atoms with Crippen LogP contribution in [0, 0.1) is 16.0 Å². The van der Waals surface area contributed by atoms with E-state index in [1.54, 1.807) is 19.2 Å². The third-order valence-corrected chi connectivity index (χ3v) is 2.97. The van der Waals surface area contributed by atoms with Crippen LogP contribution in [-0.2, 0) is 11.2 Å². The topological polar surface area (TPSA) is 102 Å². The second-order valence-electron chi connectivity index (χ2n) is 4.31. The summed E-state index contributed by atoms with van der Waals surface area (Å²) in [5.41, 5.74) is 6.93. The van der Waals surface area contributed by atoms with Crippen molar-refractivity contribution in [3.05, 3.63) is 40.1 Å². The van der Waals surface area contributed by atoms with E-state index in [4.69, 9.17) is 5.73 Å². The van der Waals surface area contributed by atoms with Crippen molar-refractivity contribution in [2.24, 2.45) is 11.7 Å². The first-order valence-electron chi connectivity index (χ1n) is 5.52. The number of amides is 1. The second kappa shape index (κ2) is 4.48. The fraction of sp³-hybridized carbons (Fsp3) is 0.250. The molecular weight excluding hydrogens is 234 g/mol. The molecule has 0 radical (unpaired) electrons. The Hall–Kier alpha value is -2.37. The molecule has 6 heteroatoms. The summed E-state index contributed by atoms with van der Waals surface area (Å²) in [7, 11) is 0. The number of non-ortho nitro benzene ring substituents is 1. The van der Waals surface area contributed by atoms with Crippen LogP contribution in [0.25, 0.3) is 10.9 Å². The predicted octanol–water partition coefficient (Wildman–Crippen LogP) is 1.74. The maximum Gasteiger partial charge on any atom is 0.270 e. The number of rotatable bonds is 4. The number of nitro groups is 1. The maximum atomic E-state index is 11.0. The molecule has 2 aromatic rings. The zero-order valence-electron chi connectivity index (χ0n) is 9.84. The van der Waals surface area contributed by atoms with Gasteiger partial charge in [0.05, 0.1) is 4.92 Å². The van der Waals surface area contributed by atoms with Gasteiger partial charge in [0.25, 0.3) is 5.69 Å². The number of H-pyrrole nitrogens is 1. The SMILES string of the molecule is C[C@@H](Cc1c[nH]c2ccc([N+](=O)[O-])cc12)C(N)=O. The minimum absolute atomic E-state index is 0.0371. The molecular formula is C12H13N3O3. The first-order valence-corrected chi connectivity index (χ1v) is 5.52. The first-order chi connectivity index (χ1) is 8.49. The van der Waals surface area contributed by atoms with Gasteiger partial charge in [0.1, 0.15) is 0 Å². The number of hydrogen-bond acceptors (Lipinski definition) is 3. The summed E-state index contributed by atoms with van der Waals surface area (Å²) < 4.78 is 0. The molecule has 0 bridgehead atoms.